The molecule has 5 aliphatic rings. The van der Waals surface area contributed by atoms with Gasteiger partial charge in [0.05, 0.1) is 20.1 Å². The van der Waals surface area contributed by atoms with E-state index in [1.807, 2.05) is 12.1 Å². The molecule has 6 rings (SSSR count). The summed E-state index contributed by atoms with van der Waals surface area (Å²) in [5, 5.41) is 0.192. The summed E-state index contributed by atoms with van der Waals surface area (Å²) in [6.07, 6.45) is 0. The van der Waals surface area contributed by atoms with Crippen LogP contribution in [0.25, 0.3) is 0 Å². The van der Waals surface area contributed by atoms with E-state index >= 15 is 0 Å². The van der Waals surface area contributed by atoms with Gasteiger partial charge in [-0.05, 0) is 55.1 Å². The fourth-order valence-electron chi connectivity index (χ4n) is 6.89. The van der Waals surface area contributed by atoms with Crippen LogP contribution in [0.1, 0.15) is 23.0 Å². The first-order valence-electron chi connectivity index (χ1n) is 9.53. The minimum absolute atomic E-state index is 0.0306. The average molecular weight is 832 g/mol. The zero-order valence-electron chi connectivity index (χ0n) is 15.8. The first kappa shape index (κ1) is 27.3. The Kier molecular flexibility index (Phi) is 6.03. The van der Waals surface area contributed by atoms with Crippen molar-refractivity contribution in [2.75, 3.05) is 0 Å². The van der Waals surface area contributed by atoms with Crippen LogP contribution < -0.4 is 0 Å². The largest absolute Gasteiger partial charge is 0.167 e. The van der Waals surface area contributed by atoms with Gasteiger partial charge in [0.1, 0.15) is 19.5 Å². The molecule has 5 aliphatic carbocycles. The topological polar surface area (TPSA) is 0 Å². The van der Waals surface area contributed by atoms with E-state index in [1.165, 1.54) is 0 Å². The Hall–Kier alpha value is 3.14. The van der Waals surface area contributed by atoms with Crippen molar-refractivity contribution < 1.29 is 0 Å². The third kappa shape index (κ3) is 2.38. The number of benzene rings is 1. The average Bonchev–Trinajstić information content (AvgIpc) is 3.09. The van der Waals surface area contributed by atoms with Gasteiger partial charge in [0, 0.05) is 32.6 Å². The number of allylic oxidation sites excluding steroid dienone is 4. The zero-order valence-corrected chi connectivity index (χ0v) is 28.0. The Morgan fingerprint density at radius 2 is 0.765 bits per heavy atom. The Bertz CT molecular complexity index is 1190. The maximum atomic E-state index is 7.30. The van der Waals surface area contributed by atoms with Gasteiger partial charge in [-0.2, -0.15) is 0 Å². The van der Waals surface area contributed by atoms with Gasteiger partial charge in [-0.1, -0.05) is 92.8 Å². The molecule has 1 aromatic rings. The molecular formula is C20H6Br2Cl12. The summed E-state index contributed by atoms with van der Waals surface area (Å²) in [6, 6.07) is 3.77. The van der Waals surface area contributed by atoms with E-state index in [2.05, 4.69) is 31.9 Å². The second-order valence-electron chi connectivity index (χ2n) is 9.15. The summed E-state index contributed by atoms with van der Waals surface area (Å²) >= 11 is 91.0. The number of hydrogen-bond donors (Lipinski definition) is 0. The van der Waals surface area contributed by atoms with Gasteiger partial charge in [0.2, 0.25) is 0 Å². The fourth-order valence-corrected chi connectivity index (χ4v) is 13.7. The van der Waals surface area contributed by atoms with E-state index in [-0.39, 0.29) is 20.1 Å². The van der Waals surface area contributed by atoms with Crippen molar-refractivity contribution in [2.45, 2.75) is 40.0 Å². The van der Waals surface area contributed by atoms with Crippen LogP contribution in [0.4, 0.5) is 0 Å². The quantitative estimate of drug-likeness (QED) is 0.229. The molecule has 0 aromatic heterocycles. The number of alkyl halides is 8. The SMILES string of the molecule is ClC1=C(Cl)[C@@]2(Cl)[C@H]3c4cc(Br)c(Br)cc4[C@@H]4[C@@H]([C@@H]3[C@@]1(Cl)C2(Cl)Cl)[C@@]1(Cl)C(Cl)=C(Cl)[C@@]4(Cl)C1(Cl)Cl. The smallest absolute Gasteiger partial charge is 0.109 e. The predicted molar refractivity (Wildman–Crippen MR) is 155 cm³/mol. The van der Waals surface area contributed by atoms with Crippen molar-refractivity contribution in [2.24, 2.45) is 11.8 Å². The normalized spacial score (nSPS) is 49.0. The summed E-state index contributed by atoms with van der Waals surface area (Å²) in [6.45, 7) is 0. The van der Waals surface area contributed by atoms with Crippen LogP contribution in [0.3, 0.4) is 0 Å². The Morgan fingerprint density at radius 3 is 1.06 bits per heavy atom. The van der Waals surface area contributed by atoms with Crippen LogP contribution in [0.5, 0.6) is 0 Å². The molecule has 8 atom stereocenters. The molecule has 34 heavy (non-hydrogen) atoms. The van der Waals surface area contributed by atoms with Crippen molar-refractivity contribution in [1.82, 2.24) is 0 Å². The van der Waals surface area contributed by atoms with E-state index in [1.54, 1.807) is 0 Å². The standard InChI is InChI=1S/C20H6Br2Cl12/c21-5-1-3-4(2-6(5)22)8-10(18(30)14(26)12(24)16(8,28)20(18,33)34)9-7(3)15(27)11(23)13(25)17(9,29)19(15,31)32/h1-2,7-10H/t7-,8+,9+,10-,15-,16+,17-,18+. The van der Waals surface area contributed by atoms with E-state index in [9.17, 15) is 0 Å². The van der Waals surface area contributed by atoms with Gasteiger partial charge in [-0.3, -0.25) is 0 Å². The molecule has 0 spiro atoms. The lowest BCUT2D eigenvalue weighted by molar-refractivity contribution is 0.201. The molecule has 0 unspecified atom stereocenters. The summed E-state index contributed by atoms with van der Waals surface area (Å²) in [5.74, 6) is -2.76. The Morgan fingerprint density at radius 1 is 0.500 bits per heavy atom. The fraction of sp³-hybridized carbons (Fsp3) is 0.500. The van der Waals surface area contributed by atoms with E-state index in [0.29, 0.717) is 0 Å². The lowest BCUT2D eigenvalue weighted by Gasteiger charge is -2.52. The molecule has 0 amide bonds. The third-order valence-corrected chi connectivity index (χ3v) is 18.6. The molecular weight excluding hydrogens is 825 g/mol. The highest BCUT2D eigenvalue weighted by atomic mass is 79.9. The molecule has 184 valence electrons. The highest BCUT2D eigenvalue weighted by Gasteiger charge is 2.91. The molecule has 2 saturated carbocycles. The molecule has 0 aliphatic heterocycles. The van der Waals surface area contributed by atoms with Crippen molar-refractivity contribution >= 4 is 171 Å². The maximum Gasteiger partial charge on any atom is 0.167 e. The predicted octanol–water partition coefficient (Wildman–Crippen LogP) is 11.3. The van der Waals surface area contributed by atoms with E-state index in [4.69, 9.17) is 139 Å². The first-order valence-corrected chi connectivity index (χ1v) is 15.7. The lowest BCUT2D eigenvalue weighted by Crippen LogP contribution is -2.53. The van der Waals surface area contributed by atoms with Gasteiger partial charge in [0.25, 0.3) is 0 Å². The number of rotatable bonds is 0. The van der Waals surface area contributed by atoms with Crippen LogP contribution in [0.15, 0.2) is 41.2 Å². The summed E-state index contributed by atoms with van der Waals surface area (Å²) < 4.78 is -2.19. The zero-order chi connectivity index (χ0) is 25.3. The maximum absolute atomic E-state index is 7.30. The number of fused-ring (bicyclic) bond motifs is 14. The van der Waals surface area contributed by atoms with Gasteiger partial charge < -0.3 is 0 Å². The third-order valence-electron chi connectivity index (χ3n) is 8.17. The number of halogens is 14. The second-order valence-corrected chi connectivity index (χ2v) is 17.4. The van der Waals surface area contributed by atoms with Crippen LogP contribution in [-0.2, 0) is 0 Å². The van der Waals surface area contributed by atoms with Crippen molar-refractivity contribution in [3.63, 3.8) is 0 Å². The Labute approximate surface area is 272 Å². The minimum atomic E-state index is -1.84. The van der Waals surface area contributed by atoms with Gasteiger partial charge in [-0.25, -0.2) is 0 Å². The van der Waals surface area contributed by atoms with Gasteiger partial charge >= 0.3 is 0 Å². The summed E-state index contributed by atoms with van der Waals surface area (Å²) in [4.78, 5) is -6.50. The summed E-state index contributed by atoms with van der Waals surface area (Å²) in [5.41, 5.74) is 1.48. The van der Waals surface area contributed by atoms with Crippen molar-refractivity contribution in [3.05, 3.63) is 52.3 Å². The van der Waals surface area contributed by atoms with E-state index in [0.717, 1.165) is 20.1 Å². The highest BCUT2D eigenvalue weighted by molar-refractivity contribution is 9.13. The van der Waals surface area contributed by atoms with Crippen molar-refractivity contribution in [1.29, 1.82) is 0 Å². The van der Waals surface area contributed by atoms with Gasteiger partial charge in [0.15, 0.2) is 8.67 Å². The van der Waals surface area contributed by atoms with Crippen molar-refractivity contribution in [3.8, 4) is 0 Å². The van der Waals surface area contributed by atoms with E-state index < -0.39 is 51.8 Å². The molecule has 0 saturated heterocycles. The molecule has 14 heteroatoms. The molecule has 4 bridgehead atoms. The Balaban J connectivity index is 1.80. The molecule has 2 fully saturated rings. The van der Waals surface area contributed by atoms with Crippen LogP contribution in [-0.4, -0.2) is 28.2 Å². The molecule has 0 nitrogen and oxygen atoms in total. The minimum Gasteiger partial charge on any atom is -0.109 e. The lowest BCUT2D eigenvalue weighted by atomic mass is 9.57. The molecule has 0 radical (unpaired) electrons. The molecule has 0 heterocycles. The van der Waals surface area contributed by atoms with Crippen LogP contribution >= 0.6 is 171 Å². The van der Waals surface area contributed by atoms with Gasteiger partial charge in [-0.15, -0.1) is 46.4 Å². The second kappa shape index (κ2) is 7.50. The molecule has 1 aromatic carbocycles. The first-order chi connectivity index (χ1) is 15.4. The number of hydrogen-bond acceptors (Lipinski definition) is 0. The summed E-state index contributed by atoms with van der Waals surface area (Å²) in [7, 11) is 0. The monoisotopic (exact) mass is 824 g/mol. The van der Waals surface area contributed by atoms with Crippen LogP contribution in [0.2, 0.25) is 0 Å². The molecule has 0 N–H and O–H groups in total. The van der Waals surface area contributed by atoms with Crippen LogP contribution in [0, 0.1) is 11.8 Å². The highest BCUT2D eigenvalue weighted by Crippen LogP contribution is 2.88.